The second-order valence-electron chi connectivity index (χ2n) is 11.4. The van der Waals surface area contributed by atoms with Gasteiger partial charge in [-0.2, -0.15) is 5.10 Å². The average Bonchev–Trinajstić information content (AvgIpc) is 3.50. The van der Waals surface area contributed by atoms with Gasteiger partial charge in [0.25, 0.3) is 0 Å². The number of fused-ring (bicyclic) bond motifs is 7. The number of carbonyl (C=O) groups is 1. The average molecular weight is 463 g/mol. The molecule has 33 heavy (non-hydrogen) atoms. The van der Waals surface area contributed by atoms with Gasteiger partial charge in [-0.05, 0) is 67.0 Å². The summed E-state index contributed by atoms with van der Waals surface area (Å²) in [5.74, 6) is 0.198. The second-order valence-corrected chi connectivity index (χ2v) is 17.0. The minimum atomic E-state index is -1.09. The summed E-state index contributed by atoms with van der Waals surface area (Å²) >= 11 is 0. The zero-order chi connectivity index (χ0) is 22.8. The van der Waals surface area contributed by atoms with Crippen molar-refractivity contribution in [2.75, 3.05) is 11.9 Å². The number of aryl methyl sites for hydroxylation is 2. The molecule has 0 saturated heterocycles. The van der Waals surface area contributed by atoms with E-state index in [1.165, 1.54) is 28.1 Å². The highest BCUT2D eigenvalue weighted by atomic mass is 28.3. The van der Waals surface area contributed by atoms with Crippen LogP contribution in [0.4, 0.5) is 5.69 Å². The Kier molecular flexibility index (Phi) is 4.85. The molecule has 1 saturated carbocycles. The molecular weight excluding hydrogens is 428 g/mol. The van der Waals surface area contributed by atoms with Gasteiger partial charge >= 0.3 is 0 Å². The van der Waals surface area contributed by atoms with Crippen LogP contribution in [0, 0.1) is 0 Å². The molecule has 1 fully saturated rings. The summed E-state index contributed by atoms with van der Waals surface area (Å²) in [6.07, 6.45) is 9.50. The van der Waals surface area contributed by atoms with Gasteiger partial charge in [0.1, 0.15) is 12.4 Å². The van der Waals surface area contributed by atoms with E-state index in [2.05, 4.69) is 48.3 Å². The summed E-state index contributed by atoms with van der Waals surface area (Å²) in [6, 6.07) is 5.63. The summed E-state index contributed by atoms with van der Waals surface area (Å²) in [4.78, 5) is 16.6. The van der Waals surface area contributed by atoms with E-state index in [-0.39, 0.29) is 11.3 Å². The SMILES string of the molecule is C[Si](C)(C)CCOCn1cc2c(n1)-c1[nH]c3cc4c(cc3c1CCC2)NC(=O)C41CCCC1. The predicted octanol–water partition coefficient (Wildman–Crippen LogP) is 5.60. The van der Waals surface area contributed by atoms with Gasteiger partial charge in [-0.3, -0.25) is 4.79 Å². The number of anilines is 1. The van der Waals surface area contributed by atoms with E-state index < -0.39 is 8.07 Å². The van der Waals surface area contributed by atoms with Crippen LogP contribution in [0.1, 0.15) is 48.8 Å². The number of H-pyrrole nitrogens is 1. The van der Waals surface area contributed by atoms with E-state index in [9.17, 15) is 4.79 Å². The summed E-state index contributed by atoms with van der Waals surface area (Å²) in [6.45, 7) is 8.44. The van der Waals surface area contributed by atoms with Crippen molar-refractivity contribution in [2.45, 2.75) is 82.8 Å². The molecule has 1 aliphatic heterocycles. The predicted molar refractivity (Wildman–Crippen MR) is 134 cm³/mol. The fourth-order valence-electron chi connectivity index (χ4n) is 6.01. The third-order valence-electron chi connectivity index (χ3n) is 7.87. The molecule has 2 aromatic heterocycles. The number of amides is 1. The molecule has 3 aliphatic rings. The maximum absolute atomic E-state index is 12.9. The van der Waals surface area contributed by atoms with Crippen molar-refractivity contribution in [2.24, 2.45) is 0 Å². The largest absolute Gasteiger partial charge is 0.360 e. The number of nitrogens with zero attached hydrogens (tertiary/aromatic N) is 2. The summed E-state index contributed by atoms with van der Waals surface area (Å²) in [5.41, 5.74) is 7.86. The van der Waals surface area contributed by atoms with Crippen molar-refractivity contribution in [3.63, 3.8) is 0 Å². The van der Waals surface area contributed by atoms with Gasteiger partial charge in [0.05, 0.1) is 11.1 Å². The molecule has 7 heteroatoms. The van der Waals surface area contributed by atoms with Gasteiger partial charge in [-0.15, -0.1) is 0 Å². The smallest absolute Gasteiger partial charge is 0.235 e. The van der Waals surface area contributed by atoms with E-state index in [1.807, 2.05) is 4.68 Å². The van der Waals surface area contributed by atoms with Gasteiger partial charge in [0, 0.05) is 37.5 Å². The highest BCUT2D eigenvalue weighted by molar-refractivity contribution is 6.76. The molecule has 1 aromatic carbocycles. The standard InChI is InChI=1S/C26H34N4O2Si/c1-33(2,3)12-11-32-16-30-15-17-7-6-8-18-19-13-22-20(14-21(19)27-24(18)23(17)29-30)26(25(31)28-22)9-4-5-10-26/h13-15,27H,4-12,16H2,1-3H3,(H,28,31). The first-order valence-electron chi connectivity index (χ1n) is 12.5. The number of aromatic amines is 1. The van der Waals surface area contributed by atoms with Crippen LogP contribution >= 0.6 is 0 Å². The van der Waals surface area contributed by atoms with Gasteiger partial charge in [-0.25, -0.2) is 4.68 Å². The number of ether oxygens (including phenoxy) is 1. The Labute approximate surface area is 196 Å². The number of aromatic nitrogens is 3. The summed E-state index contributed by atoms with van der Waals surface area (Å²) in [7, 11) is -1.09. The highest BCUT2D eigenvalue weighted by Gasteiger charge is 2.48. The number of hydrogen-bond donors (Lipinski definition) is 2. The third kappa shape index (κ3) is 3.48. The minimum absolute atomic E-state index is 0.198. The molecule has 0 radical (unpaired) electrons. The molecule has 0 bridgehead atoms. The molecule has 3 aromatic rings. The van der Waals surface area contributed by atoms with Gasteiger partial charge in [0.15, 0.2) is 0 Å². The molecular formula is C26H34N4O2Si. The lowest BCUT2D eigenvalue weighted by Crippen LogP contribution is -2.30. The van der Waals surface area contributed by atoms with Crippen LogP contribution in [0.5, 0.6) is 0 Å². The van der Waals surface area contributed by atoms with Gasteiger partial charge in [-0.1, -0.05) is 32.5 Å². The number of benzene rings is 1. The van der Waals surface area contributed by atoms with Crippen LogP contribution in [0.25, 0.3) is 22.3 Å². The van der Waals surface area contributed by atoms with E-state index in [0.29, 0.717) is 6.73 Å². The Balaban J connectivity index is 1.34. The third-order valence-corrected chi connectivity index (χ3v) is 9.57. The Morgan fingerprint density at radius 2 is 1.97 bits per heavy atom. The van der Waals surface area contributed by atoms with Crippen molar-refractivity contribution < 1.29 is 9.53 Å². The summed E-state index contributed by atoms with van der Waals surface area (Å²) < 4.78 is 7.92. The Bertz CT molecular complexity index is 1240. The maximum atomic E-state index is 12.9. The molecule has 3 heterocycles. The first kappa shape index (κ1) is 21.2. The van der Waals surface area contributed by atoms with Crippen LogP contribution in [-0.2, 0) is 34.5 Å². The van der Waals surface area contributed by atoms with E-state index >= 15 is 0 Å². The van der Waals surface area contributed by atoms with Crippen LogP contribution < -0.4 is 5.32 Å². The number of rotatable bonds is 5. The Morgan fingerprint density at radius 3 is 2.76 bits per heavy atom. The quantitative estimate of drug-likeness (QED) is 0.383. The van der Waals surface area contributed by atoms with Crippen LogP contribution in [0.2, 0.25) is 25.7 Å². The number of hydrogen-bond acceptors (Lipinski definition) is 3. The normalized spacial score (nSPS) is 18.9. The first-order valence-corrected chi connectivity index (χ1v) is 16.2. The maximum Gasteiger partial charge on any atom is 0.235 e. The van der Waals surface area contributed by atoms with Crippen molar-refractivity contribution in [1.82, 2.24) is 14.8 Å². The lowest BCUT2D eigenvalue weighted by atomic mass is 9.80. The van der Waals surface area contributed by atoms with E-state index in [1.54, 1.807) is 0 Å². The fraction of sp³-hybridized carbons (Fsp3) is 0.538. The summed E-state index contributed by atoms with van der Waals surface area (Å²) in [5, 5.41) is 9.39. The zero-order valence-electron chi connectivity index (χ0n) is 20.0. The highest BCUT2D eigenvalue weighted by Crippen LogP contribution is 2.50. The van der Waals surface area contributed by atoms with Crippen LogP contribution in [0.3, 0.4) is 0 Å². The molecule has 6 nitrogen and oxygen atoms in total. The molecule has 0 unspecified atom stereocenters. The second kappa shape index (κ2) is 7.57. The molecule has 174 valence electrons. The number of carbonyl (C=O) groups excluding carboxylic acids is 1. The Hall–Kier alpha value is -2.38. The monoisotopic (exact) mass is 462 g/mol. The number of nitrogens with one attached hydrogen (secondary N) is 2. The molecule has 0 atom stereocenters. The van der Waals surface area contributed by atoms with E-state index in [4.69, 9.17) is 9.84 Å². The fourth-order valence-corrected chi connectivity index (χ4v) is 6.77. The zero-order valence-corrected chi connectivity index (χ0v) is 21.0. The Morgan fingerprint density at radius 1 is 1.15 bits per heavy atom. The van der Waals surface area contributed by atoms with Crippen molar-refractivity contribution in [3.05, 3.63) is 35.0 Å². The van der Waals surface area contributed by atoms with Gasteiger partial charge in [0.2, 0.25) is 5.91 Å². The lowest BCUT2D eigenvalue weighted by molar-refractivity contribution is -0.120. The van der Waals surface area contributed by atoms with Crippen molar-refractivity contribution >= 4 is 30.6 Å². The molecule has 1 spiro atoms. The topological polar surface area (TPSA) is 71.9 Å². The lowest BCUT2D eigenvalue weighted by Gasteiger charge is -2.20. The molecule has 2 aliphatic carbocycles. The van der Waals surface area contributed by atoms with Gasteiger partial charge < -0.3 is 15.0 Å². The molecule has 2 N–H and O–H groups in total. The van der Waals surface area contributed by atoms with E-state index in [0.717, 1.165) is 74.1 Å². The van der Waals surface area contributed by atoms with Crippen LogP contribution in [-0.4, -0.2) is 35.4 Å². The van der Waals surface area contributed by atoms with Crippen molar-refractivity contribution in [3.8, 4) is 11.4 Å². The first-order chi connectivity index (χ1) is 15.8. The molecule has 1 amide bonds. The molecule has 6 rings (SSSR count). The van der Waals surface area contributed by atoms with Crippen molar-refractivity contribution in [1.29, 1.82) is 0 Å². The van der Waals surface area contributed by atoms with Crippen LogP contribution in [0.15, 0.2) is 18.3 Å². The minimum Gasteiger partial charge on any atom is -0.360 e.